The van der Waals surface area contributed by atoms with Gasteiger partial charge in [0.25, 0.3) is 0 Å². The Balaban J connectivity index is 2.20. The first-order valence-electron chi connectivity index (χ1n) is 6.70. The number of alkyl halides is 1. The van der Waals surface area contributed by atoms with E-state index >= 15 is 0 Å². The van der Waals surface area contributed by atoms with Crippen LogP contribution in [0.25, 0.3) is 11.0 Å². The molecule has 0 saturated heterocycles. The summed E-state index contributed by atoms with van der Waals surface area (Å²) in [5.74, 6) is 3.10. The van der Waals surface area contributed by atoms with Crippen molar-refractivity contribution in [3.05, 3.63) is 53.2 Å². The van der Waals surface area contributed by atoms with Gasteiger partial charge in [-0.3, -0.25) is 0 Å². The second-order valence-electron chi connectivity index (χ2n) is 5.15. The van der Waals surface area contributed by atoms with Crippen molar-refractivity contribution in [1.29, 1.82) is 0 Å². The first-order chi connectivity index (χ1) is 9.60. The van der Waals surface area contributed by atoms with Crippen LogP contribution in [0.5, 0.6) is 0 Å². The van der Waals surface area contributed by atoms with Gasteiger partial charge in [0.15, 0.2) is 0 Å². The molecular weight excluding hydrogens is 272 g/mol. The van der Waals surface area contributed by atoms with Crippen LogP contribution in [0.4, 0.5) is 0 Å². The topological polar surface area (TPSA) is 31.0 Å². The molecule has 0 bridgehead atoms. The molecule has 4 heteroatoms. The van der Waals surface area contributed by atoms with Gasteiger partial charge in [-0.2, -0.15) is 0 Å². The van der Waals surface area contributed by atoms with Crippen molar-refractivity contribution < 1.29 is 4.42 Å². The van der Waals surface area contributed by atoms with Crippen LogP contribution in [-0.4, -0.2) is 9.55 Å². The molecule has 3 aromatic rings. The number of aromatic nitrogens is 2. The fourth-order valence-corrected chi connectivity index (χ4v) is 2.77. The Kier molecular flexibility index (Phi) is 3.30. The summed E-state index contributed by atoms with van der Waals surface area (Å²) in [7, 11) is 0. The molecule has 0 saturated carbocycles. The van der Waals surface area contributed by atoms with Gasteiger partial charge < -0.3 is 8.98 Å². The highest BCUT2D eigenvalue weighted by molar-refractivity contribution is 6.16. The lowest BCUT2D eigenvalue weighted by atomic mass is 10.2. The summed E-state index contributed by atoms with van der Waals surface area (Å²) < 4.78 is 7.92. The van der Waals surface area contributed by atoms with E-state index in [2.05, 4.69) is 35.5 Å². The number of halogens is 1. The molecule has 2 aromatic heterocycles. The fourth-order valence-electron chi connectivity index (χ4n) is 2.58. The lowest BCUT2D eigenvalue weighted by Gasteiger charge is -2.15. The van der Waals surface area contributed by atoms with Crippen LogP contribution in [0.15, 0.2) is 34.7 Å². The minimum atomic E-state index is 0.0734. The van der Waals surface area contributed by atoms with Gasteiger partial charge in [-0.05, 0) is 50.6 Å². The normalized spacial score (nSPS) is 13.0. The lowest BCUT2D eigenvalue weighted by molar-refractivity contribution is 0.429. The van der Waals surface area contributed by atoms with E-state index < -0.39 is 0 Å². The van der Waals surface area contributed by atoms with Crippen LogP contribution in [0.3, 0.4) is 0 Å². The molecule has 0 amide bonds. The SMILES string of the molecule is Cc1ccc2nc(CCl)n(C(C)c3ccc(C)o3)c2c1. The van der Waals surface area contributed by atoms with Gasteiger partial charge in [0.1, 0.15) is 17.3 Å². The Morgan fingerprint density at radius 3 is 2.70 bits per heavy atom. The van der Waals surface area contributed by atoms with Crippen molar-refractivity contribution in [3.8, 4) is 0 Å². The first kappa shape index (κ1) is 13.3. The van der Waals surface area contributed by atoms with E-state index in [4.69, 9.17) is 16.0 Å². The Bertz CT molecular complexity index is 757. The number of hydrogen-bond donors (Lipinski definition) is 0. The summed E-state index contributed by atoms with van der Waals surface area (Å²) in [5.41, 5.74) is 3.28. The van der Waals surface area contributed by atoms with E-state index in [0.29, 0.717) is 5.88 Å². The summed E-state index contributed by atoms with van der Waals surface area (Å²) in [6, 6.07) is 10.3. The van der Waals surface area contributed by atoms with Crippen LogP contribution in [0.2, 0.25) is 0 Å². The average Bonchev–Trinajstić information content (AvgIpc) is 3.01. The van der Waals surface area contributed by atoms with Crippen molar-refractivity contribution >= 4 is 22.6 Å². The Labute approximate surface area is 123 Å². The summed E-state index contributed by atoms with van der Waals surface area (Å²) in [6.45, 7) is 6.14. The van der Waals surface area contributed by atoms with E-state index in [0.717, 1.165) is 28.4 Å². The lowest BCUT2D eigenvalue weighted by Crippen LogP contribution is -2.09. The first-order valence-corrected chi connectivity index (χ1v) is 7.23. The zero-order chi connectivity index (χ0) is 14.3. The maximum Gasteiger partial charge on any atom is 0.126 e. The van der Waals surface area contributed by atoms with Crippen molar-refractivity contribution in [1.82, 2.24) is 9.55 Å². The molecule has 0 aliphatic carbocycles. The zero-order valence-electron chi connectivity index (χ0n) is 11.9. The molecule has 104 valence electrons. The van der Waals surface area contributed by atoms with Gasteiger partial charge >= 0.3 is 0 Å². The summed E-state index contributed by atoms with van der Waals surface area (Å²) in [4.78, 5) is 4.62. The number of fused-ring (bicyclic) bond motifs is 1. The molecule has 3 rings (SSSR count). The second kappa shape index (κ2) is 4.98. The quantitative estimate of drug-likeness (QED) is 0.660. The Hall–Kier alpha value is -1.74. The van der Waals surface area contributed by atoms with Gasteiger partial charge in [-0.15, -0.1) is 11.6 Å². The minimum absolute atomic E-state index is 0.0734. The van der Waals surface area contributed by atoms with Gasteiger partial charge in [0, 0.05) is 0 Å². The van der Waals surface area contributed by atoms with Crippen LogP contribution >= 0.6 is 11.6 Å². The second-order valence-corrected chi connectivity index (χ2v) is 5.42. The predicted octanol–water partition coefficient (Wildman–Crippen LogP) is 4.59. The van der Waals surface area contributed by atoms with Gasteiger partial charge in [0.05, 0.1) is 23.0 Å². The van der Waals surface area contributed by atoms with Gasteiger partial charge in [-0.25, -0.2) is 4.98 Å². The van der Waals surface area contributed by atoms with E-state index in [-0.39, 0.29) is 6.04 Å². The van der Waals surface area contributed by atoms with Crippen molar-refractivity contribution in [2.45, 2.75) is 32.7 Å². The van der Waals surface area contributed by atoms with E-state index in [1.807, 2.05) is 25.1 Å². The zero-order valence-corrected chi connectivity index (χ0v) is 12.6. The molecule has 2 heterocycles. The van der Waals surface area contributed by atoms with E-state index in [1.165, 1.54) is 5.56 Å². The maximum atomic E-state index is 6.07. The molecule has 0 N–H and O–H groups in total. The van der Waals surface area contributed by atoms with Crippen LogP contribution in [0, 0.1) is 13.8 Å². The maximum absolute atomic E-state index is 6.07. The smallest absolute Gasteiger partial charge is 0.126 e. The highest BCUT2D eigenvalue weighted by Crippen LogP contribution is 2.28. The van der Waals surface area contributed by atoms with Crippen molar-refractivity contribution in [2.75, 3.05) is 0 Å². The Morgan fingerprint density at radius 1 is 1.25 bits per heavy atom. The third-order valence-electron chi connectivity index (χ3n) is 3.60. The molecule has 0 fully saturated rings. The molecule has 0 radical (unpaired) electrons. The van der Waals surface area contributed by atoms with Crippen LogP contribution < -0.4 is 0 Å². The van der Waals surface area contributed by atoms with Crippen molar-refractivity contribution in [2.24, 2.45) is 0 Å². The van der Waals surface area contributed by atoms with Crippen LogP contribution in [-0.2, 0) is 5.88 Å². The average molecular weight is 289 g/mol. The highest BCUT2D eigenvalue weighted by Gasteiger charge is 2.19. The third-order valence-corrected chi connectivity index (χ3v) is 3.84. The number of furan rings is 1. The molecule has 1 unspecified atom stereocenters. The number of imidazole rings is 1. The molecule has 3 nitrogen and oxygen atoms in total. The molecule has 1 atom stereocenters. The standard InChI is InChI=1S/C16H17ClN2O/c1-10-4-6-13-14(8-10)19(16(9-17)18-13)12(3)15-7-5-11(2)20-15/h4-8,12H,9H2,1-3H3. The van der Waals surface area contributed by atoms with Gasteiger partial charge in [-0.1, -0.05) is 6.07 Å². The minimum Gasteiger partial charge on any atom is -0.464 e. The number of aryl methyl sites for hydroxylation is 2. The third kappa shape index (κ3) is 2.12. The van der Waals surface area contributed by atoms with E-state index in [1.54, 1.807) is 0 Å². The number of hydrogen-bond acceptors (Lipinski definition) is 2. The molecule has 1 aromatic carbocycles. The largest absolute Gasteiger partial charge is 0.464 e. The number of nitrogens with zero attached hydrogens (tertiary/aromatic N) is 2. The van der Waals surface area contributed by atoms with Crippen molar-refractivity contribution in [3.63, 3.8) is 0 Å². The van der Waals surface area contributed by atoms with Gasteiger partial charge in [0.2, 0.25) is 0 Å². The summed E-state index contributed by atoms with van der Waals surface area (Å²) in [5, 5.41) is 0. The summed E-state index contributed by atoms with van der Waals surface area (Å²) >= 11 is 6.07. The predicted molar refractivity (Wildman–Crippen MR) is 81.3 cm³/mol. The monoisotopic (exact) mass is 288 g/mol. The number of benzene rings is 1. The molecule has 0 aliphatic rings. The molecular formula is C16H17ClN2O. The molecule has 20 heavy (non-hydrogen) atoms. The fraction of sp³-hybridized carbons (Fsp3) is 0.312. The molecule has 0 spiro atoms. The number of rotatable bonds is 3. The summed E-state index contributed by atoms with van der Waals surface area (Å²) in [6.07, 6.45) is 0. The van der Waals surface area contributed by atoms with Crippen LogP contribution in [0.1, 0.15) is 35.9 Å². The highest BCUT2D eigenvalue weighted by atomic mass is 35.5. The Morgan fingerprint density at radius 2 is 2.05 bits per heavy atom. The molecule has 0 aliphatic heterocycles. The van der Waals surface area contributed by atoms with E-state index in [9.17, 15) is 0 Å².